The molecule has 5 N–H and O–H groups in total. The van der Waals surface area contributed by atoms with Crippen LogP contribution in [0.4, 0.5) is 0 Å². The molecule has 0 aliphatic heterocycles. The van der Waals surface area contributed by atoms with E-state index in [0.717, 1.165) is 28.9 Å². The number of aliphatic imine (C=N–C) groups is 1. The first kappa shape index (κ1) is 21.3. The summed E-state index contributed by atoms with van der Waals surface area (Å²) < 4.78 is 0. The minimum atomic E-state index is -1.05. The lowest BCUT2D eigenvalue weighted by atomic mass is 9.73. The Hall–Kier alpha value is -2.93. The van der Waals surface area contributed by atoms with Crippen LogP contribution in [0.5, 0.6) is 0 Å². The fraction of sp³-hybridized carbons (Fsp3) is 0.200. The molecule has 0 radical (unpaired) electrons. The zero-order valence-electron chi connectivity index (χ0n) is 17.2. The van der Waals surface area contributed by atoms with E-state index < -0.39 is 6.23 Å². The number of benzene rings is 2. The monoisotopic (exact) mass is 430 g/mol. The molecule has 1 atom stereocenters. The zero-order valence-corrected chi connectivity index (χ0v) is 18.0. The van der Waals surface area contributed by atoms with E-state index >= 15 is 0 Å². The number of hydrogen-bond donors (Lipinski definition) is 3. The molecule has 6 heteroatoms. The Labute approximate surface area is 186 Å². The van der Waals surface area contributed by atoms with Crippen molar-refractivity contribution < 1.29 is 5.11 Å². The van der Waals surface area contributed by atoms with Crippen LogP contribution in [0, 0.1) is 0 Å². The van der Waals surface area contributed by atoms with Crippen molar-refractivity contribution in [3.05, 3.63) is 101 Å². The molecule has 0 saturated heterocycles. The minimum Gasteiger partial charge on any atom is -0.378 e. The molecule has 1 aliphatic carbocycles. The van der Waals surface area contributed by atoms with Crippen molar-refractivity contribution >= 4 is 27.9 Å². The third kappa shape index (κ3) is 5.22. The Morgan fingerprint density at radius 3 is 2.42 bits per heavy atom. The number of aliphatic hydroxyl groups excluding tert-OH is 1. The highest BCUT2D eigenvalue weighted by Gasteiger charge is 2.33. The molecule has 1 unspecified atom stereocenters. The van der Waals surface area contributed by atoms with Crippen LogP contribution in [0.1, 0.15) is 47.7 Å². The van der Waals surface area contributed by atoms with Gasteiger partial charge < -0.3 is 16.6 Å². The molecule has 158 valence electrons. The molecule has 5 nitrogen and oxygen atoms in total. The summed E-state index contributed by atoms with van der Waals surface area (Å²) in [4.78, 5) is 9.19. The van der Waals surface area contributed by atoms with Gasteiger partial charge in [-0.3, -0.25) is 4.98 Å². The van der Waals surface area contributed by atoms with Crippen molar-refractivity contribution in [3.8, 4) is 0 Å². The molecule has 1 fully saturated rings. The number of hydrogen-bond acceptors (Lipinski definition) is 5. The van der Waals surface area contributed by atoms with Crippen LogP contribution in [-0.2, 0) is 5.54 Å². The second kappa shape index (κ2) is 9.47. The highest BCUT2D eigenvalue weighted by atomic mass is 32.2. The van der Waals surface area contributed by atoms with E-state index in [4.69, 9.17) is 11.5 Å². The number of aromatic nitrogens is 1. The lowest BCUT2D eigenvalue weighted by Crippen LogP contribution is -2.43. The Balaban J connectivity index is 1.58. The van der Waals surface area contributed by atoms with Gasteiger partial charge in [0, 0.05) is 28.4 Å². The maximum absolute atomic E-state index is 10.3. The van der Waals surface area contributed by atoms with Gasteiger partial charge in [-0.05, 0) is 48.1 Å². The third-order valence-corrected chi connectivity index (χ3v) is 6.42. The van der Waals surface area contributed by atoms with Crippen molar-refractivity contribution in [2.75, 3.05) is 0 Å². The SMILES string of the molecule is NC(=NC(O)c1cccnc1)SC(=Cc1ccc(C2(N)CCC2)cc1)c1ccccc1. The maximum Gasteiger partial charge on any atom is 0.175 e. The first-order valence-electron chi connectivity index (χ1n) is 10.3. The van der Waals surface area contributed by atoms with Crippen LogP contribution in [0.2, 0.25) is 0 Å². The van der Waals surface area contributed by atoms with E-state index in [1.807, 2.05) is 30.3 Å². The number of nitrogens with zero attached hydrogens (tertiary/aromatic N) is 2. The molecule has 0 spiro atoms. The van der Waals surface area contributed by atoms with Crippen LogP contribution in [0.25, 0.3) is 11.0 Å². The fourth-order valence-electron chi connectivity index (χ4n) is 3.55. The second-order valence-corrected chi connectivity index (χ2v) is 8.80. The molecule has 1 saturated carbocycles. The van der Waals surface area contributed by atoms with Crippen molar-refractivity contribution in [2.45, 2.75) is 31.0 Å². The summed E-state index contributed by atoms with van der Waals surface area (Å²) in [6, 6.07) is 21.9. The van der Waals surface area contributed by atoms with Crippen LogP contribution in [-0.4, -0.2) is 15.3 Å². The molecule has 1 heterocycles. The van der Waals surface area contributed by atoms with Gasteiger partial charge in [-0.15, -0.1) is 0 Å². The summed E-state index contributed by atoms with van der Waals surface area (Å²) in [5, 5.41) is 10.6. The normalized spacial score (nSPS) is 17.1. The second-order valence-electron chi connectivity index (χ2n) is 7.74. The summed E-state index contributed by atoms with van der Waals surface area (Å²) in [6.45, 7) is 0. The van der Waals surface area contributed by atoms with E-state index in [9.17, 15) is 5.11 Å². The van der Waals surface area contributed by atoms with E-state index in [1.54, 1.807) is 24.5 Å². The first-order chi connectivity index (χ1) is 15.0. The van der Waals surface area contributed by atoms with E-state index in [1.165, 1.54) is 23.7 Å². The van der Waals surface area contributed by atoms with Gasteiger partial charge in [-0.1, -0.05) is 72.4 Å². The standard InChI is InChI=1S/C25H26N4OS/c26-24(29-23(30)20-8-4-15-28-17-20)31-22(19-6-2-1-3-7-19)16-18-9-11-21(12-10-18)25(27)13-5-14-25/h1-4,6-12,15-17,23,30H,5,13-14,27H2,(H2,26,29). The van der Waals surface area contributed by atoms with Gasteiger partial charge >= 0.3 is 0 Å². The van der Waals surface area contributed by atoms with Gasteiger partial charge in [-0.25, -0.2) is 4.99 Å². The highest BCUT2D eigenvalue weighted by molar-refractivity contribution is 8.21. The Morgan fingerprint density at radius 2 is 1.81 bits per heavy atom. The van der Waals surface area contributed by atoms with Gasteiger partial charge in [0.2, 0.25) is 0 Å². The summed E-state index contributed by atoms with van der Waals surface area (Å²) in [6.07, 6.45) is 7.52. The summed E-state index contributed by atoms with van der Waals surface area (Å²) in [5.74, 6) is 0. The number of thioether (sulfide) groups is 1. The molecule has 3 aromatic rings. The number of pyridine rings is 1. The Kier molecular flexibility index (Phi) is 6.51. The van der Waals surface area contributed by atoms with Crippen LogP contribution < -0.4 is 11.5 Å². The zero-order chi connectivity index (χ0) is 21.7. The largest absolute Gasteiger partial charge is 0.378 e. The quantitative estimate of drug-likeness (QED) is 0.300. The van der Waals surface area contributed by atoms with Crippen molar-refractivity contribution in [1.82, 2.24) is 4.98 Å². The van der Waals surface area contributed by atoms with Crippen LogP contribution >= 0.6 is 11.8 Å². The number of aliphatic hydroxyl groups is 1. The summed E-state index contributed by atoms with van der Waals surface area (Å²) in [5.41, 5.74) is 16.3. The molecule has 0 bridgehead atoms. The molecule has 31 heavy (non-hydrogen) atoms. The molecular weight excluding hydrogens is 404 g/mol. The Bertz CT molecular complexity index is 1060. The van der Waals surface area contributed by atoms with Gasteiger partial charge in [0.15, 0.2) is 11.4 Å². The van der Waals surface area contributed by atoms with E-state index in [-0.39, 0.29) is 10.7 Å². The lowest BCUT2D eigenvalue weighted by molar-refractivity contribution is 0.188. The maximum atomic E-state index is 10.3. The van der Waals surface area contributed by atoms with Gasteiger partial charge in [0.1, 0.15) is 0 Å². The summed E-state index contributed by atoms with van der Waals surface area (Å²) >= 11 is 1.32. The van der Waals surface area contributed by atoms with Crippen LogP contribution in [0.3, 0.4) is 0 Å². The molecular formula is C25H26N4OS. The third-order valence-electron chi connectivity index (χ3n) is 5.53. The van der Waals surface area contributed by atoms with Crippen LogP contribution in [0.15, 0.2) is 84.1 Å². The van der Waals surface area contributed by atoms with Crippen molar-refractivity contribution in [2.24, 2.45) is 16.5 Å². The van der Waals surface area contributed by atoms with Gasteiger partial charge in [0.05, 0.1) is 0 Å². The predicted molar refractivity (Wildman–Crippen MR) is 129 cm³/mol. The molecule has 4 rings (SSSR count). The smallest absolute Gasteiger partial charge is 0.175 e. The highest BCUT2D eigenvalue weighted by Crippen LogP contribution is 2.39. The molecule has 1 aliphatic rings. The predicted octanol–water partition coefficient (Wildman–Crippen LogP) is 4.66. The number of nitrogens with two attached hydrogens (primary N) is 2. The van der Waals surface area contributed by atoms with Crippen molar-refractivity contribution in [1.29, 1.82) is 0 Å². The number of amidine groups is 1. The minimum absolute atomic E-state index is 0.168. The van der Waals surface area contributed by atoms with Gasteiger partial charge in [-0.2, -0.15) is 0 Å². The lowest BCUT2D eigenvalue weighted by Gasteiger charge is -2.38. The molecule has 0 amide bonds. The Morgan fingerprint density at radius 1 is 1.06 bits per heavy atom. The number of rotatable bonds is 6. The fourth-order valence-corrected chi connectivity index (χ4v) is 4.37. The first-order valence-corrected chi connectivity index (χ1v) is 11.1. The van der Waals surface area contributed by atoms with Crippen molar-refractivity contribution in [3.63, 3.8) is 0 Å². The summed E-state index contributed by atoms with van der Waals surface area (Å²) in [7, 11) is 0. The van der Waals surface area contributed by atoms with Gasteiger partial charge in [0.25, 0.3) is 0 Å². The average Bonchev–Trinajstić information content (AvgIpc) is 2.78. The van der Waals surface area contributed by atoms with E-state index in [0.29, 0.717) is 5.56 Å². The van der Waals surface area contributed by atoms with E-state index in [2.05, 4.69) is 40.3 Å². The molecule has 2 aromatic carbocycles. The molecule has 1 aromatic heterocycles. The topological polar surface area (TPSA) is 97.5 Å². The average molecular weight is 431 g/mol.